The van der Waals surface area contributed by atoms with Crippen LogP contribution in [0.3, 0.4) is 0 Å². The summed E-state index contributed by atoms with van der Waals surface area (Å²) in [5.74, 6) is -0.770. The standard InChI is InChI=1S/C11H10BrFN4O/c1-5-9(10(14)17-16-5)11(18)15-8-4-6(13)2-3-7(8)12/h2-4H,1H3,(H,15,18)(H3,14,16,17). The minimum atomic E-state index is -0.440. The number of nitrogen functional groups attached to an aromatic ring is 1. The minimum absolute atomic E-state index is 0.109. The van der Waals surface area contributed by atoms with E-state index in [1.165, 1.54) is 18.2 Å². The van der Waals surface area contributed by atoms with Gasteiger partial charge in [-0.2, -0.15) is 5.10 Å². The van der Waals surface area contributed by atoms with Gasteiger partial charge in [0.25, 0.3) is 5.91 Å². The molecule has 1 aromatic heterocycles. The Morgan fingerprint density at radius 2 is 2.28 bits per heavy atom. The molecular formula is C11H10BrFN4O. The van der Waals surface area contributed by atoms with Crippen LogP contribution < -0.4 is 11.1 Å². The Balaban J connectivity index is 2.30. The molecule has 4 N–H and O–H groups in total. The van der Waals surface area contributed by atoms with Crippen LogP contribution >= 0.6 is 15.9 Å². The predicted molar refractivity (Wildman–Crippen MR) is 69.8 cm³/mol. The maximum absolute atomic E-state index is 13.1. The van der Waals surface area contributed by atoms with E-state index < -0.39 is 11.7 Å². The summed E-state index contributed by atoms with van der Waals surface area (Å²) in [6.45, 7) is 1.68. The van der Waals surface area contributed by atoms with Crippen molar-refractivity contribution in [3.8, 4) is 0 Å². The van der Waals surface area contributed by atoms with Gasteiger partial charge in [-0.05, 0) is 41.1 Å². The Hall–Kier alpha value is -1.89. The number of carbonyl (C=O) groups is 1. The van der Waals surface area contributed by atoms with E-state index >= 15 is 0 Å². The van der Waals surface area contributed by atoms with Crippen LogP contribution in [0.2, 0.25) is 0 Å². The summed E-state index contributed by atoms with van der Waals surface area (Å²) in [7, 11) is 0. The Morgan fingerprint density at radius 1 is 1.56 bits per heavy atom. The highest BCUT2D eigenvalue weighted by atomic mass is 79.9. The van der Waals surface area contributed by atoms with Crippen LogP contribution in [0.25, 0.3) is 0 Å². The fraction of sp³-hybridized carbons (Fsp3) is 0.0909. The average molecular weight is 313 g/mol. The number of aromatic amines is 1. The molecule has 0 aliphatic heterocycles. The lowest BCUT2D eigenvalue weighted by Gasteiger charge is -2.07. The number of anilines is 2. The van der Waals surface area contributed by atoms with Crippen LogP contribution in [0.15, 0.2) is 22.7 Å². The number of nitrogens with one attached hydrogen (secondary N) is 2. The van der Waals surface area contributed by atoms with E-state index in [1.54, 1.807) is 6.92 Å². The van der Waals surface area contributed by atoms with E-state index in [1.807, 2.05) is 0 Å². The van der Waals surface area contributed by atoms with E-state index in [-0.39, 0.29) is 11.4 Å². The molecule has 1 heterocycles. The number of aryl methyl sites for hydroxylation is 1. The van der Waals surface area contributed by atoms with E-state index in [9.17, 15) is 9.18 Å². The normalized spacial score (nSPS) is 10.4. The van der Waals surface area contributed by atoms with Crippen LogP contribution in [0, 0.1) is 12.7 Å². The first-order chi connectivity index (χ1) is 8.49. The first-order valence-corrected chi connectivity index (χ1v) is 5.85. The van der Waals surface area contributed by atoms with Crippen molar-refractivity contribution in [1.82, 2.24) is 10.2 Å². The van der Waals surface area contributed by atoms with Gasteiger partial charge in [-0.3, -0.25) is 9.89 Å². The van der Waals surface area contributed by atoms with Crippen molar-refractivity contribution >= 4 is 33.3 Å². The summed E-state index contributed by atoms with van der Waals surface area (Å²) in [4.78, 5) is 12.0. The molecule has 2 aromatic rings. The van der Waals surface area contributed by atoms with Crippen molar-refractivity contribution in [2.75, 3.05) is 11.1 Å². The van der Waals surface area contributed by atoms with Gasteiger partial charge in [0.15, 0.2) is 5.82 Å². The molecule has 0 unspecified atom stereocenters. The molecule has 5 nitrogen and oxygen atoms in total. The second kappa shape index (κ2) is 4.77. The first-order valence-electron chi connectivity index (χ1n) is 5.06. The second-order valence-electron chi connectivity index (χ2n) is 3.69. The lowest BCUT2D eigenvalue weighted by molar-refractivity contribution is 0.102. The largest absolute Gasteiger partial charge is 0.382 e. The second-order valence-corrected chi connectivity index (χ2v) is 4.54. The summed E-state index contributed by atoms with van der Waals surface area (Å²) in [6, 6.07) is 4.02. The van der Waals surface area contributed by atoms with Crippen molar-refractivity contribution in [1.29, 1.82) is 0 Å². The minimum Gasteiger partial charge on any atom is -0.382 e. The first kappa shape index (κ1) is 12.6. The number of nitrogens with two attached hydrogens (primary N) is 1. The average Bonchev–Trinajstić information content (AvgIpc) is 2.63. The Morgan fingerprint density at radius 3 is 2.89 bits per heavy atom. The maximum atomic E-state index is 13.1. The number of carbonyl (C=O) groups excluding carboxylic acids is 1. The highest BCUT2D eigenvalue weighted by Crippen LogP contribution is 2.24. The number of halogens is 2. The molecule has 2 rings (SSSR count). The van der Waals surface area contributed by atoms with E-state index in [0.717, 1.165) is 0 Å². The number of nitrogens with zero attached hydrogens (tertiary/aromatic N) is 1. The molecule has 0 atom stereocenters. The number of benzene rings is 1. The molecule has 7 heteroatoms. The highest BCUT2D eigenvalue weighted by molar-refractivity contribution is 9.10. The maximum Gasteiger partial charge on any atom is 0.261 e. The number of H-pyrrole nitrogens is 1. The van der Waals surface area contributed by atoms with Crippen LogP contribution in [0.4, 0.5) is 15.9 Å². The number of rotatable bonds is 2. The van der Waals surface area contributed by atoms with Crippen molar-refractivity contribution in [2.24, 2.45) is 0 Å². The van der Waals surface area contributed by atoms with Gasteiger partial charge >= 0.3 is 0 Å². The monoisotopic (exact) mass is 312 g/mol. The van der Waals surface area contributed by atoms with Gasteiger partial charge in [0.1, 0.15) is 11.4 Å². The third-order valence-corrected chi connectivity index (χ3v) is 3.07. The molecule has 94 valence electrons. The molecule has 0 radical (unpaired) electrons. The predicted octanol–water partition coefficient (Wildman–Crippen LogP) is 2.45. The van der Waals surface area contributed by atoms with Crippen molar-refractivity contribution < 1.29 is 9.18 Å². The zero-order chi connectivity index (χ0) is 13.3. The third kappa shape index (κ3) is 2.35. The van der Waals surface area contributed by atoms with Gasteiger partial charge in [0.2, 0.25) is 0 Å². The molecule has 0 spiro atoms. The molecule has 0 aliphatic carbocycles. The fourth-order valence-corrected chi connectivity index (χ4v) is 1.86. The SMILES string of the molecule is Cc1[nH]nc(N)c1C(=O)Nc1cc(F)ccc1Br. The molecule has 1 amide bonds. The summed E-state index contributed by atoms with van der Waals surface area (Å²) >= 11 is 3.22. The lowest BCUT2D eigenvalue weighted by Crippen LogP contribution is -2.14. The number of aromatic nitrogens is 2. The highest BCUT2D eigenvalue weighted by Gasteiger charge is 2.17. The Kier molecular flexibility index (Phi) is 3.33. The summed E-state index contributed by atoms with van der Waals surface area (Å²) in [6.07, 6.45) is 0. The van der Waals surface area contributed by atoms with Crippen LogP contribution in [0.1, 0.15) is 16.1 Å². The molecule has 0 saturated heterocycles. The van der Waals surface area contributed by atoms with Gasteiger partial charge in [0, 0.05) is 10.2 Å². The van der Waals surface area contributed by atoms with Gasteiger partial charge in [-0.1, -0.05) is 0 Å². The van der Waals surface area contributed by atoms with Crippen molar-refractivity contribution in [3.63, 3.8) is 0 Å². The molecule has 0 fully saturated rings. The van der Waals surface area contributed by atoms with Crippen molar-refractivity contribution in [2.45, 2.75) is 6.92 Å². The quantitative estimate of drug-likeness (QED) is 0.796. The third-order valence-electron chi connectivity index (χ3n) is 2.38. The Labute approximate surface area is 111 Å². The van der Waals surface area contributed by atoms with Gasteiger partial charge in [0.05, 0.1) is 5.69 Å². The number of hydrogen-bond donors (Lipinski definition) is 3. The van der Waals surface area contributed by atoms with Gasteiger partial charge in [-0.15, -0.1) is 0 Å². The van der Waals surface area contributed by atoms with Crippen LogP contribution in [0.5, 0.6) is 0 Å². The molecule has 0 bridgehead atoms. The van der Waals surface area contributed by atoms with E-state index in [4.69, 9.17) is 5.73 Å². The molecule has 18 heavy (non-hydrogen) atoms. The topological polar surface area (TPSA) is 83.8 Å². The van der Waals surface area contributed by atoms with Crippen molar-refractivity contribution in [3.05, 3.63) is 39.7 Å². The zero-order valence-electron chi connectivity index (χ0n) is 9.42. The smallest absolute Gasteiger partial charge is 0.261 e. The Bertz CT molecular complexity index is 592. The number of hydrogen-bond acceptors (Lipinski definition) is 3. The zero-order valence-corrected chi connectivity index (χ0v) is 11.0. The summed E-state index contributed by atoms with van der Waals surface area (Å²) in [5.41, 5.74) is 6.72. The fourth-order valence-electron chi connectivity index (χ4n) is 1.51. The van der Waals surface area contributed by atoms with Crippen LogP contribution in [-0.2, 0) is 0 Å². The lowest BCUT2D eigenvalue weighted by atomic mass is 10.2. The molecule has 1 aromatic carbocycles. The summed E-state index contributed by atoms with van der Waals surface area (Å²) in [5, 5.41) is 8.90. The van der Waals surface area contributed by atoms with E-state index in [0.29, 0.717) is 15.9 Å². The molecule has 0 aliphatic rings. The number of amides is 1. The van der Waals surface area contributed by atoms with E-state index in [2.05, 4.69) is 31.4 Å². The summed E-state index contributed by atoms with van der Waals surface area (Å²) < 4.78 is 13.7. The van der Waals surface area contributed by atoms with Crippen LogP contribution in [-0.4, -0.2) is 16.1 Å². The van der Waals surface area contributed by atoms with Gasteiger partial charge < -0.3 is 11.1 Å². The molecule has 0 saturated carbocycles. The molecular weight excluding hydrogens is 303 g/mol. The van der Waals surface area contributed by atoms with Gasteiger partial charge in [-0.25, -0.2) is 4.39 Å².